The minimum absolute atomic E-state index is 0.504. The van der Waals surface area contributed by atoms with Gasteiger partial charge in [0, 0.05) is 23.9 Å². The molecule has 1 heterocycles. The molecule has 0 fully saturated rings. The van der Waals surface area contributed by atoms with Crippen molar-refractivity contribution in [3.05, 3.63) is 96.3 Å². The van der Waals surface area contributed by atoms with E-state index in [1.165, 1.54) is 5.56 Å². The van der Waals surface area contributed by atoms with Crippen molar-refractivity contribution in [2.75, 3.05) is 17.7 Å². The Bertz CT molecular complexity index is 1120. The fourth-order valence-corrected chi connectivity index (χ4v) is 3.38. The second-order valence-electron chi connectivity index (χ2n) is 7.44. The highest BCUT2D eigenvalue weighted by atomic mass is 16.5. The average molecular weight is 426 g/mol. The van der Waals surface area contributed by atoms with Gasteiger partial charge in [0.1, 0.15) is 11.6 Å². The van der Waals surface area contributed by atoms with Gasteiger partial charge in [-0.2, -0.15) is 15.0 Å². The van der Waals surface area contributed by atoms with Crippen LogP contribution in [0.3, 0.4) is 0 Å². The summed E-state index contributed by atoms with van der Waals surface area (Å²) in [6.07, 6.45) is 3.92. The molecule has 32 heavy (non-hydrogen) atoms. The number of aromatic nitrogens is 3. The molecule has 4 rings (SSSR count). The number of para-hydroxylation sites is 1. The molecule has 0 atom stereocenters. The van der Waals surface area contributed by atoms with E-state index in [1.807, 2.05) is 60.7 Å². The van der Waals surface area contributed by atoms with Crippen LogP contribution in [0, 0.1) is 0 Å². The highest BCUT2D eigenvalue weighted by Crippen LogP contribution is 2.21. The average Bonchev–Trinajstić information content (AvgIpc) is 2.83. The van der Waals surface area contributed by atoms with E-state index in [1.54, 1.807) is 7.11 Å². The molecule has 162 valence electrons. The van der Waals surface area contributed by atoms with Crippen molar-refractivity contribution in [2.24, 2.45) is 0 Å². The van der Waals surface area contributed by atoms with Gasteiger partial charge >= 0.3 is 0 Å². The SMILES string of the molecule is COc1cccc(Nc2nc(CCCCc3ccccc3)nc(Nc3ccccc3)n2)c1. The van der Waals surface area contributed by atoms with E-state index in [4.69, 9.17) is 4.74 Å². The van der Waals surface area contributed by atoms with E-state index in [2.05, 4.69) is 49.9 Å². The van der Waals surface area contributed by atoms with Gasteiger partial charge in [-0.1, -0.05) is 54.6 Å². The van der Waals surface area contributed by atoms with Crippen LogP contribution in [-0.2, 0) is 12.8 Å². The van der Waals surface area contributed by atoms with Crippen molar-refractivity contribution in [2.45, 2.75) is 25.7 Å². The minimum atomic E-state index is 0.504. The summed E-state index contributed by atoms with van der Waals surface area (Å²) >= 11 is 0. The van der Waals surface area contributed by atoms with Crippen LogP contribution in [0.2, 0.25) is 0 Å². The highest BCUT2D eigenvalue weighted by molar-refractivity contribution is 5.58. The van der Waals surface area contributed by atoms with E-state index in [-0.39, 0.29) is 0 Å². The summed E-state index contributed by atoms with van der Waals surface area (Å²) < 4.78 is 5.32. The summed E-state index contributed by atoms with van der Waals surface area (Å²) in [5.74, 6) is 2.56. The summed E-state index contributed by atoms with van der Waals surface area (Å²) in [6.45, 7) is 0. The van der Waals surface area contributed by atoms with Crippen LogP contribution in [-0.4, -0.2) is 22.1 Å². The van der Waals surface area contributed by atoms with E-state index in [9.17, 15) is 0 Å². The molecule has 0 aliphatic heterocycles. The molecule has 0 aliphatic carbocycles. The van der Waals surface area contributed by atoms with Crippen molar-refractivity contribution >= 4 is 23.3 Å². The monoisotopic (exact) mass is 425 g/mol. The number of hydrogen-bond acceptors (Lipinski definition) is 6. The molecule has 1 aromatic heterocycles. The predicted octanol–water partition coefficient (Wildman–Crippen LogP) is 5.93. The van der Waals surface area contributed by atoms with Gasteiger partial charge < -0.3 is 15.4 Å². The molecule has 0 amide bonds. The zero-order valence-corrected chi connectivity index (χ0v) is 18.2. The van der Waals surface area contributed by atoms with Crippen molar-refractivity contribution in [1.29, 1.82) is 0 Å². The summed E-state index contributed by atoms with van der Waals surface area (Å²) in [4.78, 5) is 13.9. The van der Waals surface area contributed by atoms with Gasteiger partial charge in [-0.25, -0.2) is 0 Å². The lowest BCUT2D eigenvalue weighted by Crippen LogP contribution is -2.08. The molecule has 6 heteroatoms. The van der Waals surface area contributed by atoms with Crippen LogP contribution in [0.1, 0.15) is 24.2 Å². The topological polar surface area (TPSA) is 72.0 Å². The van der Waals surface area contributed by atoms with Gasteiger partial charge in [0.05, 0.1) is 7.11 Å². The third-order valence-electron chi connectivity index (χ3n) is 5.00. The van der Waals surface area contributed by atoms with E-state index in [0.717, 1.165) is 48.6 Å². The number of ether oxygens (including phenoxy) is 1. The maximum atomic E-state index is 5.32. The number of nitrogens with zero attached hydrogens (tertiary/aromatic N) is 3. The molecule has 2 N–H and O–H groups in total. The standard InChI is InChI=1S/C26H27N5O/c1-32-23-17-10-16-22(19-23)28-26-30-24(18-9-8-13-20-11-4-2-5-12-20)29-25(31-26)27-21-14-6-3-7-15-21/h2-7,10-12,14-17,19H,8-9,13,18H2,1H3,(H2,27,28,29,30,31). The Hall–Kier alpha value is -3.93. The number of rotatable bonds is 10. The van der Waals surface area contributed by atoms with Crippen molar-refractivity contribution < 1.29 is 4.74 Å². The summed E-state index contributed by atoms with van der Waals surface area (Å²) in [5.41, 5.74) is 3.15. The number of nitrogens with one attached hydrogen (secondary N) is 2. The number of hydrogen-bond donors (Lipinski definition) is 2. The molecule has 3 aromatic carbocycles. The van der Waals surface area contributed by atoms with Gasteiger partial charge in [-0.3, -0.25) is 0 Å². The zero-order chi connectivity index (χ0) is 22.0. The lowest BCUT2D eigenvalue weighted by molar-refractivity contribution is 0.415. The Labute approximate surface area is 188 Å². The molecule has 0 radical (unpaired) electrons. The lowest BCUT2D eigenvalue weighted by Gasteiger charge is -2.11. The Balaban J connectivity index is 1.48. The molecule has 0 aliphatic rings. The molecular formula is C26H27N5O. The Kier molecular flexibility index (Phi) is 7.26. The van der Waals surface area contributed by atoms with Gasteiger partial charge in [-0.05, 0) is 49.1 Å². The second kappa shape index (κ2) is 10.9. The zero-order valence-electron chi connectivity index (χ0n) is 18.2. The van der Waals surface area contributed by atoms with E-state index >= 15 is 0 Å². The van der Waals surface area contributed by atoms with Gasteiger partial charge in [0.2, 0.25) is 11.9 Å². The molecule has 0 unspecified atom stereocenters. The number of anilines is 4. The number of unbranched alkanes of at least 4 members (excludes halogenated alkanes) is 1. The third kappa shape index (κ3) is 6.28. The molecule has 6 nitrogen and oxygen atoms in total. The maximum Gasteiger partial charge on any atom is 0.232 e. The van der Waals surface area contributed by atoms with E-state index < -0.39 is 0 Å². The van der Waals surface area contributed by atoms with Crippen LogP contribution < -0.4 is 15.4 Å². The largest absolute Gasteiger partial charge is 0.497 e. The maximum absolute atomic E-state index is 5.32. The first-order chi connectivity index (χ1) is 15.8. The van der Waals surface area contributed by atoms with Crippen LogP contribution >= 0.6 is 0 Å². The molecular weight excluding hydrogens is 398 g/mol. The van der Waals surface area contributed by atoms with Gasteiger partial charge in [0.25, 0.3) is 0 Å². The van der Waals surface area contributed by atoms with Crippen molar-refractivity contribution in [1.82, 2.24) is 15.0 Å². The fraction of sp³-hybridized carbons (Fsp3) is 0.192. The van der Waals surface area contributed by atoms with Crippen LogP contribution in [0.15, 0.2) is 84.9 Å². The molecule has 0 bridgehead atoms. The summed E-state index contributed by atoms with van der Waals surface area (Å²) in [7, 11) is 1.65. The number of methoxy groups -OCH3 is 1. The van der Waals surface area contributed by atoms with Crippen molar-refractivity contribution in [3.8, 4) is 5.75 Å². The predicted molar refractivity (Wildman–Crippen MR) is 129 cm³/mol. The molecule has 4 aromatic rings. The third-order valence-corrected chi connectivity index (χ3v) is 5.00. The van der Waals surface area contributed by atoms with Gasteiger partial charge in [0.15, 0.2) is 0 Å². The Morgan fingerprint density at radius 2 is 1.28 bits per heavy atom. The van der Waals surface area contributed by atoms with Gasteiger partial charge in [-0.15, -0.1) is 0 Å². The molecule has 0 spiro atoms. The number of aryl methyl sites for hydroxylation is 2. The number of benzene rings is 3. The second-order valence-corrected chi connectivity index (χ2v) is 7.44. The smallest absolute Gasteiger partial charge is 0.232 e. The summed E-state index contributed by atoms with van der Waals surface area (Å²) in [5, 5.41) is 6.56. The quantitative estimate of drug-likeness (QED) is 0.307. The van der Waals surface area contributed by atoms with Crippen molar-refractivity contribution in [3.63, 3.8) is 0 Å². The minimum Gasteiger partial charge on any atom is -0.497 e. The first kappa shape index (κ1) is 21.3. The first-order valence-corrected chi connectivity index (χ1v) is 10.8. The van der Waals surface area contributed by atoms with E-state index in [0.29, 0.717) is 11.9 Å². The van der Waals surface area contributed by atoms with Crippen LogP contribution in [0.25, 0.3) is 0 Å². The normalized spacial score (nSPS) is 10.5. The van der Waals surface area contributed by atoms with Crippen LogP contribution in [0.5, 0.6) is 5.75 Å². The lowest BCUT2D eigenvalue weighted by atomic mass is 10.1. The summed E-state index contributed by atoms with van der Waals surface area (Å²) in [6, 6.07) is 28.1. The Morgan fingerprint density at radius 1 is 0.656 bits per heavy atom. The van der Waals surface area contributed by atoms with Crippen LogP contribution in [0.4, 0.5) is 23.3 Å². The first-order valence-electron chi connectivity index (χ1n) is 10.8. The molecule has 0 saturated heterocycles. The molecule has 0 saturated carbocycles. The Morgan fingerprint density at radius 3 is 2.00 bits per heavy atom. The highest BCUT2D eigenvalue weighted by Gasteiger charge is 2.08. The fourth-order valence-electron chi connectivity index (χ4n) is 3.38.